The van der Waals surface area contributed by atoms with Crippen molar-refractivity contribution in [3.63, 3.8) is 0 Å². The third-order valence-electron chi connectivity index (χ3n) is 13.6. The first-order chi connectivity index (χ1) is 35.8. The highest BCUT2D eigenvalue weighted by molar-refractivity contribution is 7.89. The number of aromatic nitrogens is 4. The average molecular weight is 1040 g/mol. The topological polar surface area (TPSA) is 177 Å². The van der Waals surface area contributed by atoms with Crippen molar-refractivity contribution in [2.75, 3.05) is 34.4 Å². The Morgan fingerprint density at radius 1 is 0.680 bits per heavy atom. The Balaban J connectivity index is 1.24. The van der Waals surface area contributed by atoms with Gasteiger partial charge in [0.2, 0.25) is 15.8 Å². The van der Waals surface area contributed by atoms with Gasteiger partial charge >= 0.3 is 12.2 Å². The Bertz CT molecular complexity index is 2950. The third-order valence-corrected chi connectivity index (χ3v) is 15.6. The number of carbonyl (C=O) groups excluding carboxylic acids is 2. The molecular weight excluding hydrogens is 971 g/mol. The summed E-state index contributed by atoms with van der Waals surface area (Å²) in [5.74, 6) is 2.35. The fourth-order valence-corrected chi connectivity index (χ4v) is 11.7. The van der Waals surface area contributed by atoms with Gasteiger partial charge in [-0.2, -0.15) is 9.10 Å². The minimum atomic E-state index is -4.45. The molecule has 398 valence electrons. The zero-order valence-corrected chi connectivity index (χ0v) is 45.5. The molecule has 2 fully saturated rings. The fourth-order valence-electron chi connectivity index (χ4n) is 9.83. The van der Waals surface area contributed by atoms with E-state index in [1.807, 2.05) is 139 Å². The van der Waals surface area contributed by atoms with Crippen LogP contribution < -0.4 is 19.5 Å². The third kappa shape index (κ3) is 14.0. The van der Waals surface area contributed by atoms with Crippen molar-refractivity contribution in [1.82, 2.24) is 34.7 Å². The maximum atomic E-state index is 16.4. The van der Waals surface area contributed by atoms with Crippen LogP contribution >= 0.6 is 0 Å². The van der Waals surface area contributed by atoms with Gasteiger partial charge in [0.15, 0.2) is 0 Å². The van der Waals surface area contributed by atoms with Crippen molar-refractivity contribution in [3.8, 4) is 39.8 Å². The quantitative estimate of drug-likeness (QED) is 0.0916. The zero-order valence-electron chi connectivity index (χ0n) is 44.7. The predicted octanol–water partition coefficient (Wildman–Crippen LogP) is 10.8. The Morgan fingerprint density at radius 3 is 1.76 bits per heavy atom. The van der Waals surface area contributed by atoms with Gasteiger partial charge in [0, 0.05) is 38.1 Å². The maximum absolute atomic E-state index is 16.4. The van der Waals surface area contributed by atoms with E-state index in [2.05, 4.69) is 27.8 Å². The summed E-state index contributed by atoms with van der Waals surface area (Å²) in [4.78, 5) is 29.2. The van der Waals surface area contributed by atoms with Crippen LogP contribution in [0.25, 0.3) is 22.5 Å². The number of nitrogens with one attached hydrogen (secondary N) is 1. The van der Waals surface area contributed by atoms with E-state index >= 15 is 8.42 Å². The summed E-state index contributed by atoms with van der Waals surface area (Å²) in [6, 6.07) is 34.4. The van der Waals surface area contributed by atoms with Crippen LogP contribution in [0, 0.1) is 5.92 Å². The van der Waals surface area contributed by atoms with Gasteiger partial charge in [0.1, 0.15) is 28.5 Å². The molecule has 1 unspecified atom stereocenters. The number of likely N-dealkylation sites (tertiary alicyclic amines) is 1. The number of tetrazole rings is 1. The molecule has 0 radical (unpaired) electrons. The van der Waals surface area contributed by atoms with Gasteiger partial charge in [-0.1, -0.05) is 72.8 Å². The van der Waals surface area contributed by atoms with Gasteiger partial charge in [0.05, 0.1) is 38.3 Å². The van der Waals surface area contributed by atoms with E-state index in [1.165, 1.54) is 9.10 Å². The zero-order chi connectivity index (χ0) is 53.5. The highest BCUT2D eigenvalue weighted by atomic mass is 32.2. The van der Waals surface area contributed by atoms with Crippen LogP contribution in [-0.4, -0.2) is 102 Å². The van der Waals surface area contributed by atoms with Crippen molar-refractivity contribution < 1.29 is 41.7 Å². The summed E-state index contributed by atoms with van der Waals surface area (Å²) in [5.41, 5.74) is 4.60. The molecule has 1 aromatic heterocycles. The molecule has 1 aliphatic carbocycles. The van der Waals surface area contributed by atoms with E-state index < -0.39 is 27.3 Å². The molecule has 17 heteroatoms. The van der Waals surface area contributed by atoms with Gasteiger partial charge in [-0.25, -0.2) is 18.0 Å². The van der Waals surface area contributed by atoms with Crippen molar-refractivity contribution in [3.05, 3.63) is 137 Å². The number of hydrogen-bond acceptors (Lipinski definition) is 12. The van der Waals surface area contributed by atoms with Gasteiger partial charge in [-0.15, -0.1) is 10.2 Å². The minimum absolute atomic E-state index is 0.0386. The number of rotatable bonds is 17. The molecule has 2 heterocycles. The van der Waals surface area contributed by atoms with Crippen molar-refractivity contribution in [2.45, 2.75) is 128 Å². The first-order valence-electron chi connectivity index (χ1n) is 25.7. The molecule has 6 aromatic rings. The van der Waals surface area contributed by atoms with Crippen LogP contribution in [0.3, 0.4) is 0 Å². The second-order valence-electron chi connectivity index (χ2n) is 21.5. The number of methoxy groups -OCH3 is 3. The molecule has 2 aliphatic rings. The number of carbonyl (C=O) groups is 2. The largest absolute Gasteiger partial charge is 0.497 e. The second-order valence-corrected chi connectivity index (χ2v) is 23.4. The molecule has 0 spiro atoms. The summed E-state index contributed by atoms with van der Waals surface area (Å²) in [7, 11) is 0.355. The molecule has 1 aliphatic heterocycles. The van der Waals surface area contributed by atoms with Crippen molar-refractivity contribution in [1.29, 1.82) is 0 Å². The van der Waals surface area contributed by atoms with E-state index in [-0.39, 0.29) is 54.3 Å². The van der Waals surface area contributed by atoms with E-state index in [9.17, 15) is 9.59 Å². The molecule has 75 heavy (non-hydrogen) atoms. The first kappa shape index (κ1) is 54.3. The SMILES string of the molecule is COc1ccc(CN(Cc2ccc(OC)cc2)S(=O)(=O)c2c(CC3CCC(NC(=O)OC(C)(C)C)CC3)ccc(-c3ccc(C4CCN(C(=O)OC(C)(C)C)C4)cc3)c2-c2nnn(Cc3ccc(OC)cc3)n2)cc1. The van der Waals surface area contributed by atoms with Gasteiger partial charge in [0.25, 0.3) is 0 Å². The highest BCUT2D eigenvalue weighted by Crippen LogP contribution is 2.42. The Kier molecular flexibility index (Phi) is 16.8. The van der Waals surface area contributed by atoms with Crippen LogP contribution in [0.2, 0.25) is 0 Å². The molecular formula is C58H71N7O9S. The van der Waals surface area contributed by atoms with Crippen LogP contribution in [0.1, 0.15) is 107 Å². The summed E-state index contributed by atoms with van der Waals surface area (Å²) < 4.78 is 61.8. The van der Waals surface area contributed by atoms with E-state index in [4.69, 9.17) is 28.8 Å². The van der Waals surface area contributed by atoms with Crippen LogP contribution in [0.5, 0.6) is 17.2 Å². The van der Waals surface area contributed by atoms with Gasteiger partial charge < -0.3 is 33.9 Å². The standard InChI is InChI=1S/C58H71N7O9S/c1-57(2,3)73-55(66)59-47-23-10-39(11-24-47)34-45-22-31-51(44-20-18-43(19-21-44)46-32-33-63(38-46)56(67)74-58(4,5)6)52(54-60-62-65(61-54)37-42-16-29-50(72-9)30-17-42)53(45)75(68,69)64(35-40-12-25-48(70-7)26-13-40)36-41-14-27-49(71-8)28-15-41/h12-22,25-31,39,46-47H,10-11,23-24,32-38H2,1-9H3,(H,59,66). The maximum Gasteiger partial charge on any atom is 0.410 e. The lowest BCUT2D eigenvalue weighted by atomic mass is 9.81. The second kappa shape index (κ2) is 23.3. The number of alkyl carbamates (subject to hydrolysis) is 1. The molecule has 1 atom stereocenters. The molecule has 16 nitrogen and oxygen atoms in total. The fraction of sp³-hybridized carbons (Fsp3) is 0.431. The lowest BCUT2D eigenvalue weighted by Gasteiger charge is -2.31. The van der Waals surface area contributed by atoms with Crippen LogP contribution in [-0.2, 0) is 45.6 Å². The Morgan fingerprint density at radius 2 is 1.23 bits per heavy atom. The Hall–Kier alpha value is -6.98. The summed E-state index contributed by atoms with van der Waals surface area (Å²) in [6.45, 7) is 12.6. The predicted molar refractivity (Wildman–Crippen MR) is 287 cm³/mol. The molecule has 8 rings (SSSR count). The van der Waals surface area contributed by atoms with E-state index in [0.29, 0.717) is 66.3 Å². The number of hydrogen-bond donors (Lipinski definition) is 1. The van der Waals surface area contributed by atoms with Crippen molar-refractivity contribution in [2.24, 2.45) is 5.92 Å². The van der Waals surface area contributed by atoms with E-state index in [1.54, 1.807) is 26.2 Å². The van der Waals surface area contributed by atoms with Crippen LogP contribution in [0.4, 0.5) is 9.59 Å². The van der Waals surface area contributed by atoms with Crippen molar-refractivity contribution >= 4 is 22.2 Å². The van der Waals surface area contributed by atoms with Crippen LogP contribution in [0.15, 0.2) is 114 Å². The summed E-state index contributed by atoms with van der Waals surface area (Å²) in [5, 5.41) is 17.2. The first-order valence-corrected chi connectivity index (χ1v) is 27.1. The van der Waals surface area contributed by atoms with Gasteiger partial charge in [-0.05, 0) is 167 Å². The molecule has 0 bridgehead atoms. The number of benzene rings is 5. The smallest absolute Gasteiger partial charge is 0.410 e. The molecule has 5 aromatic carbocycles. The normalized spacial score (nSPS) is 17.1. The monoisotopic (exact) mass is 1040 g/mol. The van der Waals surface area contributed by atoms with Gasteiger partial charge in [-0.3, -0.25) is 0 Å². The average Bonchev–Trinajstić information content (AvgIpc) is 4.07. The molecule has 1 saturated heterocycles. The number of amides is 2. The Labute approximate surface area is 441 Å². The molecule has 1 N–H and O–H groups in total. The lowest BCUT2D eigenvalue weighted by Crippen LogP contribution is -2.41. The van der Waals surface area contributed by atoms with E-state index in [0.717, 1.165) is 47.1 Å². The number of ether oxygens (including phenoxy) is 5. The summed E-state index contributed by atoms with van der Waals surface area (Å²) >= 11 is 0. The molecule has 1 saturated carbocycles. The molecule has 2 amide bonds. The number of nitrogens with zero attached hydrogens (tertiary/aromatic N) is 6. The number of sulfonamides is 1. The lowest BCUT2D eigenvalue weighted by molar-refractivity contribution is 0.0292. The summed E-state index contributed by atoms with van der Waals surface area (Å²) in [6.07, 6.45) is 3.37. The highest BCUT2D eigenvalue weighted by Gasteiger charge is 2.36. The minimum Gasteiger partial charge on any atom is -0.497 e.